The molecule has 1 atom stereocenters. The number of aryl methyl sites for hydroxylation is 1. The number of nitrogens with one attached hydrogen (secondary N) is 1. The van der Waals surface area contributed by atoms with Crippen LogP contribution in [0.3, 0.4) is 0 Å². The summed E-state index contributed by atoms with van der Waals surface area (Å²) in [6, 6.07) is 0.227. The number of piperidine rings is 1. The lowest BCUT2D eigenvalue weighted by Gasteiger charge is -2.32. The number of carbonyl (C=O) groups excluding carboxylic acids is 2. The van der Waals surface area contributed by atoms with Crippen LogP contribution in [-0.4, -0.2) is 71.4 Å². The molecule has 32 heavy (non-hydrogen) atoms. The number of rotatable bonds is 6. The molecule has 0 spiro atoms. The van der Waals surface area contributed by atoms with E-state index in [0.717, 1.165) is 51.6 Å². The van der Waals surface area contributed by atoms with E-state index in [1.54, 1.807) is 13.8 Å². The molecule has 10 heteroatoms. The maximum Gasteiger partial charge on any atom is 0.246 e. The first-order valence-electron chi connectivity index (χ1n) is 11.9. The van der Waals surface area contributed by atoms with Gasteiger partial charge in [0, 0.05) is 32.2 Å². The molecule has 9 nitrogen and oxygen atoms in total. The molecular weight excluding hydrogens is 430 g/mol. The van der Waals surface area contributed by atoms with E-state index in [4.69, 9.17) is 0 Å². The predicted octanol–water partition coefficient (Wildman–Crippen LogP) is 1.58. The second-order valence-corrected chi connectivity index (χ2v) is 11.3. The zero-order chi connectivity index (χ0) is 22.9. The zero-order valence-corrected chi connectivity index (χ0v) is 20.0. The maximum absolute atomic E-state index is 13.5. The summed E-state index contributed by atoms with van der Waals surface area (Å²) in [6.07, 6.45) is 7.66. The monoisotopic (exact) mass is 465 g/mol. The van der Waals surface area contributed by atoms with Gasteiger partial charge in [0.2, 0.25) is 21.8 Å². The third kappa shape index (κ3) is 4.71. The van der Waals surface area contributed by atoms with Crippen molar-refractivity contribution in [1.82, 2.24) is 24.3 Å². The van der Waals surface area contributed by atoms with Crippen molar-refractivity contribution >= 4 is 21.8 Å². The first-order valence-corrected chi connectivity index (χ1v) is 13.3. The molecule has 0 radical (unpaired) electrons. The predicted molar refractivity (Wildman–Crippen MR) is 119 cm³/mol. The summed E-state index contributed by atoms with van der Waals surface area (Å²) in [7, 11) is -3.81. The number of carbonyl (C=O) groups is 2. The van der Waals surface area contributed by atoms with E-state index < -0.39 is 10.0 Å². The highest BCUT2D eigenvalue weighted by atomic mass is 32.2. The zero-order valence-electron chi connectivity index (χ0n) is 19.2. The first kappa shape index (κ1) is 23.2. The number of hydrogen-bond acceptors (Lipinski definition) is 5. The van der Waals surface area contributed by atoms with Gasteiger partial charge in [-0.25, -0.2) is 8.42 Å². The van der Waals surface area contributed by atoms with Crippen LogP contribution in [0.25, 0.3) is 0 Å². The van der Waals surface area contributed by atoms with E-state index in [2.05, 4.69) is 10.4 Å². The fourth-order valence-corrected chi connectivity index (χ4v) is 7.19. The second-order valence-electron chi connectivity index (χ2n) is 9.44. The fraction of sp³-hybridized carbons (Fsp3) is 0.773. The van der Waals surface area contributed by atoms with Crippen LogP contribution >= 0.6 is 0 Å². The first-order chi connectivity index (χ1) is 15.3. The summed E-state index contributed by atoms with van der Waals surface area (Å²) in [5, 5.41) is 7.51. The lowest BCUT2D eigenvalue weighted by atomic mass is 9.98. The number of likely N-dealkylation sites (tertiary alicyclic amines) is 1. The van der Waals surface area contributed by atoms with Crippen molar-refractivity contribution in [2.75, 3.05) is 26.2 Å². The third-order valence-corrected chi connectivity index (χ3v) is 9.23. The van der Waals surface area contributed by atoms with Gasteiger partial charge in [-0.3, -0.25) is 14.3 Å². The average Bonchev–Trinajstić information content (AvgIpc) is 3.51. The summed E-state index contributed by atoms with van der Waals surface area (Å²) in [5.41, 5.74) is 0.877. The third-order valence-electron chi connectivity index (χ3n) is 7.11. The molecule has 178 valence electrons. The van der Waals surface area contributed by atoms with Crippen molar-refractivity contribution in [2.45, 2.75) is 82.7 Å². The van der Waals surface area contributed by atoms with Gasteiger partial charge in [0.05, 0.1) is 17.3 Å². The molecule has 2 saturated heterocycles. The Morgan fingerprint density at radius 2 is 1.69 bits per heavy atom. The Labute approximate surface area is 190 Å². The molecule has 2 amide bonds. The summed E-state index contributed by atoms with van der Waals surface area (Å²) in [5.74, 6) is -0.387. The van der Waals surface area contributed by atoms with Crippen molar-refractivity contribution in [3.05, 3.63) is 11.4 Å². The minimum absolute atomic E-state index is 0.0290. The summed E-state index contributed by atoms with van der Waals surface area (Å²) in [4.78, 5) is 27.3. The lowest BCUT2D eigenvalue weighted by molar-refractivity contribution is -0.131. The number of aromatic nitrogens is 2. The van der Waals surface area contributed by atoms with Crippen LogP contribution in [0.15, 0.2) is 4.90 Å². The standard InChI is InChI=1S/C22H35N5O4S/c1-16-21(17(2)27(24-16)15-20(28)25-11-5-6-12-25)32(30,31)26-13-7-8-18(14-26)22(29)23-19-9-3-4-10-19/h18-19H,3-15H2,1-2H3,(H,23,29)/t18-/m0/s1. The van der Waals surface area contributed by atoms with E-state index >= 15 is 0 Å². The van der Waals surface area contributed by atoms with Gasteiger partial charge in [-0.2, -0.15) is 9.40 Å². The largest absolute Gasteiger partial charge is 0.353 e. The van der Waals surface area contributed by atoms with Crippen LogP contribution in [0.4, 0.5) is 0 Å². The van der Waals surface area contributed by atoms with Crippen LogP contribution in [0.5, 0.6) is 0 Å². The van der Waals surface area contributed by atoms with Crippen molar-refractivity contribution in [2.24, 2.45) is 5.92 Å². The highest BCUT2D eigenvalue weighted by Crippen LogP contribution is 2.28. The van der Waals surface area contributed by atoms with Crippen LogP contribution in [0.1, 0.15) is 62.8 Å². The van der Waals surface area contributed by atoms with E-state index in [1.807, 2.05) is 4.90 Å². The minimum Gasteiger partial charge on any atom is -0.353 e. The molecule has 1 aromatic heterocycles. The quantitative estimate of drug-likeness (QED) is 0.687. The molecule has 0 unspecified atom stereocenters. The number of sulfonamides is 1. The normalized spacial score (nSPS) is 23.1. The summed E-state index contributed by atoms with van der Waals surface area (Å²) in [6.45, 7) is 5.52. The SMILES string of the molecule is Cc1nn(CC(=O)N2CCCC2)c(C)c1S(=O)(=O)N1CCC[C@H](C(=O)NC2CCCC2)C1. The van der Waals surface area contributed by atoms with E-state index in [-0.39, 0.29) is 41.8 Å². The Balaban J connectivity index is 1.47. The molecule has 2 aliphatic heterocycles. The molecule has 1 aromatic rings. The topological polar surface area (TPSA) is 105 Å². The average molecular weight is 466 g/mol. The van der Waals surface area contributed by atoms with Crippen LogP contribution in [0, 0.1) is 19.8 Å². The second kappa shape index (κ2) is 9.51. The Morgan fingerprint density at radius 1 is 1.00 bits per heavy atom. The minimum atomic E-state index is -3.81. The van der Waals surface area contributed by atoms with Crippen LogP contribution in [0.2, 0.25) is 0 Å². The van der Waals surface area contributed by atoms with E-state index in [1.165, 1.54) is 8.99 Å². The Bertz CT molecular complexity index is 961. The number of nitrogens with zero attached hydrogens (tertiary/aromatic N) is 4. The lowest BCUT2D eigenvalue weighted by Crippen LogP contribution is -2.47. The van der Waals surface area contributed by atoms with Gasteiger partial charge in [-0.1, -0.05) is 12.8 Å². The van der Waals surface area contributed by atoms with Gasteiger partial charge >= 0.3 is 0 Å². The highest BCUT2D eigenvalue weighted by Gasteiger charge is 2.37. The number of hydrogen-bond donors (Lipinski definition) is 1. The van der Waals surface area contributed by atoms with Gasteiger partial charge in [-0.15, -0.1) is 0 Å². The Hall–Kier alpha value is -1.94. The Kier molecular flexibility index (Phi) is 6.90. The van der Waals surface area contributed by atoms with Crippen molar-refractivity contribution < 1.29 is 18.0 Å². The van der Waals surface area contributed by atoms with E-state index in [9.17, 15) is 18.0 Å². The van der Waals surface area contributed by atoms with Gasteiger partial charge in [-0.05, 0) is 52.4 Å². The van der Waals surface area contributed by atoms with Gasteiger partial charge in [0.25, 0.3) is 0 Å². The Morgan fingerprint density at radius 3 is 2.38 bits per heavy atom. The highest BCUT2D eigenvalue weighted by molar-refractivity contribution is 7.89. The van der Waals surface area contributed by atoms with Gasteiger partial charge in [0.1, 0.15) is 11.4 Å². The van der Waals surface area contributed by atoms with E-state index in [0.29, 0.717) is 30.8 Å². The van der Waals surface area contributed by atoms with Crippen molar-refractivity contribution in [1.29, 1.82) is 0 Å². The summed E-state index contributed by atoms with van der Waals surface area (Å²) >= 11 is 0. The van der Waals surface area contributed by atoms with Crippen molar-refractivity contribution in [3.8, 4) is 0 Å². The van der Waals surface area contributed by atoms with Gasteiger partial charge in [0.15, 0.2) is 0 Å². The smallest absolute Gasteiger partial charge is 0.246 e. The van der Waals surface area contributed by atoms with Crippen molar-refractivity contribution in [3.63, 3.8) is 0 Å². The molecule has 1 N–H and O–H groups in total. The fourth-order valence-electron chi connectivity index (χ4n) is 5.30. The van der Waals surface area contributed by atoms with Gasteiger partial charge < -0.3 is 10.2 Å². The molecule has 0 bridgehead atoms. The molecule has 0 aromatic carbocycles. The molecule has 4 rings (SSSR count). The summed E-state index contributed by atoms with van der Waals surface area (Å²) < 4.78 is 30.0. The molecule has 3 heterocycles. The maximum atomic E-state index is 13.5. The molecule has 1 aliphatic carbocycles. The van der Waals surface area contributed by atoms with Crippen LogP contribution in [-0.2, 0) is 26.2 Å². The molecule has 3 aliphatic rings. The molecule has 3 fully saturated rings. The number of amides is 2. The van der Waals surface area contributed by atoms with Crippen LogP contribution < -0.4 is 5.32 Å². The molecule has 1 saturated carbocycles. The molecular formula is C22H35N5O4S.